The van der Waals surface area contributed by atoms with E-state index in [2.05, 4.69) is 15.5 Å². The maximum Gasteiger partial charge on any atom is 0.233 e. The van der Waals surface area contributed by atoms with Crippen molar-refractivity contribution >= 4 is 46.0 Å². The van der Waals surface area contributed by atoms with Gasteiger partial charge in [-0.2, -0.15) is 0 Å². The minimum atomic E-state index is -0.255. The van der Waals surface area contributed by atoms with Gasteiger partial charge in [0.15, 0.2) is 4.34 Å². The average Bonchev–Trinajstić information content (AvgIpc) is 3.10. The zero-order valence-corrected chi connectivity index (χ0v) is 15.1. The van der Waals surface area contributed by atoms with Crippen LogP contribution >= 0.6 is 23.1 Å². The quantitative estimate of drug-likeness (QED) is 0.470. The number of anilines is 1. The van der Waals surface area contributed by atoms with E-state index >= 15 is 0 Å². The van der Waals surface area contributed by atoms with Gasteiger partial charge in [-0.15, -0.1) is 10.2 Å². The average molecular weight is 368 g/mol. The van der Waals surface area contributed by atoms with Crippen molar-refractivity contribution < 1.29 is 14.4 Å². The third-order valence-electron chi connectivity index (χ3n) is 4.42. The highest BCUT2D eigenvalue weighted by Crippen LogP contribution is 2.38. The molecule has 0 spiro atoms. The molecule has 2 atom stereocenters. The predicted molar refractivity (Wildman–Crippen MR) is 91.7 cm³/mol. The number of amides is 3. The van der Waals surface area contributed by atoms with E-state index in [0.29, 0.717) is 5.13 Å². The van der Waals surface area contributed by atoms with E-state index in [0.717, 1.165) is 35.8 Å². The lowest BCUT2D eigenvalue weighted by atomic mass is 9.81. The van der Waals surface area contributed by atoms with E-state index in [-0.39, 0.29) is 42.5 Å². The van der Waals surface area contributed by atoms with E-state index < -0.39 is 0 Å². The Labute approximate surface area is 148 Å². The number of fused-ring (bicyclic) bond motifs is 1. The summed E-state index contributed by atoms with van der Waals surface area (Å²) < 4.78 is 0.807. The number of nitrogens with one attached hydrogen (secondary N) is 1. The first-order chi connectivity index (χ1) is 11.6. The van der Waals surface area contributed by atoms with Crippen LogP contribution in [0.3, 0.4) is 0 Å². The zero-order valence-electron chi connectivity index (χ0n) is 13.5. The molecule has 0 bridgehead atoms. The normalized spacial score (nSPS) is 23.5. The van der Waals surface area contributed by atoms with Crippen molar-refractivity contribution in [2.24, 2.45) is 11.8 Å². The standard InChI is InChI=1S/C15H20N4O3S2/c1-2-23-15-18-17-14(24-15)16-11(20)7-8-19-12(21)9-5-3-4-6-10(9)13(19)22/h9-10H,2-8H2,1H3,(H,16,17,20)/t9-,10+. The smallest absolute Gasteiger partial charge is 0.233 e. The summed E-state index contributed by atoms with van der Waals surface area (Å²) in [5.74, 6) is 0.112. The van der Waals surface area contributed by atoms with E-state index in [9.17, 15) is 14.4 Å². The first-order valence-electron chi connectivity index (χ1n) is 8.21. The van der Waals surface area contributed by atoms with Gasteiger partial charge in [0.25, 0.3) is 0 Å². The van der Waals surface area contributed by atoms with Gasteiger partial charge in [0.05, 0.1) is 11.8 Å². The highest BCUT2D eigenvalue weighted by molar-refractivity contribution is 8.01. The largest absolute Gasteiger partial charge is 0.300 e. The van der Waals surface area contributed by atoms with Crippen molar-refractivity contribution in [3.8, 4) is 0 Å². The van der Waals surface area contributed by atoms with Gasteiger partial charge in [0.1, 0.15) is 0 Å². The molecule has 130 valence electrons. The molecule has 1 N–H and O–H groups in total. The highest BCUT2D eigenvalue weighted by Gasteiger charge is 2.47. The molecule has 2 aliphatic rings. The fraction of sp³-hybridized carbons (Fsp3) is 0.667. The van der Waals surface area contributed by atoms with Gasteiger partial charge in [-0.25, -0.2) is 0 Å². The molecule has 1 aromatic rings. The topological polar surface area (TPSA) is 92.3 Å². The minimum absolute atomic E-state index is 0.0900. The number of nitrogens with zero attached hydrogens (tertiary/aromatic N) is 3. The van der Waals surface area contributed by atoms with Gasteiger partial charge >= 0.3 is 0 Å². The number of hydrogen-bond acceptors (Lipinski definition) is 7. The van der Waals surface area contributed by atoms with Crippen LogP contribution in [-0.2, 0) is 14.4 Å². The van der Waals surface area contributed by atoms with Gasteiger partial charge in [0, 0.05) is 13.0 Å². The van der Waals surface area contributed by atoms with Gasteiger partial charge in [-0.05, 0) is 18.6 Å². The Morgan fingerprint density at radius 2 is 1.92 bits per heavy atom. The van der Waals surface area contributed by atoms with Crippen LogP contribution < -0.4 is 5.32 Å². The molecule has 1 saturated carbocycles. The van der Waals surface area contributed by atoms with Gasteiger partial charge < -0.3 is 5.32 Å². The molecule has 2 heterocycles. The third kappa shape index (κ3) is 3.61. The van der Waals surface area contributed by atoms with Crippen molar-refractivity contribution in [2.75, 3.05) is 17.6 Å². The molecule has 0 unspecified atom stereocenters. The lowest BCUT2D eigenvalue weighted by Crippen LogP contribution is -2.34. The summed E-state index contributed by atoms with van der Waals surface area (Å²) >= 11 is 2.89. The fourth-order valence-corrected chi connectivity index (χ4v) is 4.95. The van der Waals surface area contributed by atoms with Crippen molar-refractivity contribution in [2.45, 2.75) is 43.4 Å². The van der Waals surface area contributed by atoms with Crippen LogP contribution in [0.5, 0.6) is 0 Å². The second-order valence-electron chi connectivity index (χ2n) is 5.93. The molecule has 0 radical (unpaired) electrons. The monoisotopic (exact) mass is 368 g/mol. The molecular weight excluding hydrogens is 348 g/mol. The van der Waals surface area contributed by atoms with E-state index in [1.54, 1.807) is 11.8 Å². The van der Waals surface area contributed by atoms with Crippen molar-refractivity contribution in [1.82, 2.24) is 15.1 Å². The highest BCUT2D eigenvalue weighted by atomic mass is 32.2. The summed E-state index contributed by atoms with van der Waals surface area (Å²) in [5, 5.41) is 11.0. The van der Waals surface area contributed by atoms with Gasteiger partial charge in [-0.3, -0.25) is 19.3 Å². The van der Waals surface area contributed by atoms with Crippen LogP contribution in [0.2, 0.25) is 0 Å². The maximum absolute atomic E-state index is 12.3. The number of thioether (sulfide) groups is 1. The number of imide groups is 1. The van der Waals surface area contributed by atoms with Crippen molar-refractivity contribution in [1.29, 1.82) is 0 Å². The number of rotatable bonds is 6. The number of hydrogen-bond donors (Lipinski definition) is 1. The SMILES string of the molecule is CCSc1nnc(NC(=O)CCN2C(=O)[C@H]3CCCC[C@H]3C2=O)s1. The first kappa shape index (κ1) is 17.3. The van der Waals surface area contributed by atoms with Crippen LogP contribution in [0.15, 0.2) is 4.34 Å². The predicted octanol–water partition coefficient (Wildman–Crippen LogP) is 2.15. The Kier molecular flexibility index (Phi) is 5.50. The van der Waals surface area contributed by atoms with Crippen LogP contribution in [0, 0.1) is 11.8 Å². The maximum atomic E-state index is 12.3. The molecule has 2 fully saturated rings. The van der Waals surface area contributed by atoms with E-state index in [4.69, 9.17) is 0 Å². The molecule has 1 aromatic heterocycles. The van der Waals surface area contributed by atoms with Crippen molar-refractivity contribution in [3.05, 3.63) is 0 Å². The lowest BCUT2D eigenvalue weighted by Gasteiger charge is -2.19. The first-order valence-corrected chi connectivity index (χ1v) is 10.0. The third-order valence-corrected chi connectivity index (χ3v) is 6.27. The molecule has 1 aliphatic carbocycles. The molecule has 7 nitrogen and oxygen atoms in total. The fourth-order valence-electron chi connectivity index (χ4n) is 3.29. The Morgan fingerprint density at radius 3 is 2.54 bits per heavy atom. The van der Waals surface area contributed by atoms with Gasteiger partial charge in [0.2, 0.25) is 22.9 Å². The Morgan fingerprint density at radius 1 is 1.25 bits per heavy atom. The summed E-state index contributed by atoms with van der Waals surface area (Å²) in [6.45, 7) is 2.16. The summed E-state index contributed by atoms with van der Waals surface area (Å²) in [6, 6.07) is 0. The molecule has 24 heavy (non-hydrogen) atoms. The van der Waals surface area contributed by atoms with Crippen LogP contribution in [0.4, 0.5) is 5.13 Å². The molecule has 0 aromatic carbocycles. The summed E-state index contributed by atoms with van der Waals surface area (Å²) in [6.07, 6.45) is 3.68. The second-order valence-corrected chi connectivity index (χ2v) is 8.42. The number of likely N-dealkylation sites (tertiary alicyclic amines) is 1. The molecular formula is C15H20N4O3S2. The Balaban J connectivity index is 1.52. The number of carbonyl (C=O) groups is 3. The van der Waals surface area contributed by atoms with Crippen LogP contribution in [0.25, 0.3) is 0 Å². The van der Waals surface area contributed by atoms with Crippen LogP contribution in [0.1, 0.15) is 39.0 Å². The second kappa shape index (κ2) is 7.60. The molecule has 1 saturated heterocycles. The summed E-state index contributed by atoms with van der Waals surface area (Å²) in [5.41, 5.74) is 0. The van der Waals surface area contributed by atoms with Gasteiger partial charge in [-0.1, -0.05) is 42.9 Å². The van der Waals surface area contributed by atoms with Crippen LogP contribution in [-0.4, -0.2) is 45.1 Å². The summed E-state index contributed by atoms with van der Waals surface area (Å²) in [7, 11) is 0. The molecule has 9 heteroatoms. The number of carbonyl (C=O) groups excluding carboxylic acids is 3. The Hall–Kier alpha value is -1.48. The molecule has 3 rings (SSSR count). The number of aromatic nitrogens is 2. The van der Waals surface area contributed by atoms with Crippen molar-refractivity contribution in [3.63, 3.8) is 0 Å². The molecule has 3 amide bonds. The Bertz CT molecular complexity index is 624. The zero-order chi connectivity index (χ0) is 17.1. The molecule has 1 aliphatic heterocycles. The minimum Gasteiger partial charge on any atom is -0.300 e. The lowest BCUT2D eigenvalue weighted by molar-refractivity contribution is -0.140. The van der Waals surface area contributed by atoms with E-state index in [1.807, 2.05) is 6.92 Å². The summed E-state index contributed by atoms with van der Waals surface area (Å²) in [4.78, 5) is 38.0. The van der Waals surface area contributed by atoms with E-state index in [1.165, 1.54) is 16.2 Å².